The molecule has 0 saturated carbocycles. The molecule has 1 aliphatic heterocycles. The van der Waals surface area contributed by atoms with Crippen LogP contribution in [-0.4, -0.2) is 29.4 Å². The number of rotatable bonds is 2. The molecule has 4 N–H and O–H groups in total. The highest BCUT2D eigenvalue weighted by atomic mass is 16.2. The highest BCUT2D eigenvalue weighted by Crippen LogP contribution is 2.20. The number of carbonyl (C=O) groups is 2. The summed E-state index contributed by atoms with van der Waals surface area (Å²) < 4.78 is 0. The summed E-state index contributed by atoms with van der Waals surface area (Å²) in [6.45, 7) is 0.452. The van der Waals surface area contributed by atoms with Gasteiger partial charge in [-0.25, -0.2) is 4.98 Å². The Morgan fingerprint density at radius 2 is 2.20 bits per heavy atom. The first kappa shape index (κ1) is 12.4. The lowest BCUT2D eigenvalue weighted by molar-refractivity contribution is -0.119. The first-order valence-electron chi connectivity index (χ1n) is 6.36. The van der Waals surface area contributed by atoms with Gasteiger partial charge in [0.25, 0.3) is 5.91 Å². The molecule has 1 fully saturated rings. The molecule has 2 amide bonds. The summed E-state index contributed by atoms with van der Waals surface area (Å²) in [6.07, 6.45) is 0.300. The smallest absolute Gasteiger partial charge is 0.270 e. The maximum atomic E-state index is 12.1. The molecule has 2 heterocycles. The van der Waals surface area contributed by atoms with Crippen molar-refractivity contribution < 1.29 is 9.59 Å². The fourth-order valence-corrected chi connectivity index (χ4v) is 2.31. The van der Waals surface area contributed by atoms with Crippen molar-refractivity contribution in [3.63, 3.8) is 0 Å². The fourth-order valence-electron chi connectivity index (χ4n) is 2.31. The maximum absolute atomic E-state index is 12.1. The van der Waals surface area contributed by atoms with Gasteiger partial charge in [-0.2, -0.15) is 0 Å². The number of hydrogen-bond acceptors (Lipinski definition) is 4. The Bertz CT molecular complexity index is 699. The topological polar surface area (TPSA) is 97.1 Å². The molecule has 2 aromatic rings. The summed E-state index contributed by atoms with van der Waals surface area (Å²) in [5, 5.41) is 7.13. The second kappa shape index (κ2) is 4.80. The lowest BCUT2D eigenvalue weighted by Crippen LogP contribution is -2.36. The van der Waals surface area contributed by atoms with E-state index in [4.69, 9.17) is 5.73 Å². The van der Waals surface area contributed by atoms with E-state index in [0.29, 0.717) is 18.8 Å². The molecular formula is C14H14N4O2. The van der Waals surface area contributed by atoms with Gasteiger partial charge in [-0.1, -0.05) is 24.3 Å². The van der Waals surface area contributed by atoms with Gasteiger partial charge in [-0.15, -0.1) is 0 Å². The van der Waals surface area contributed by atoms with Gasteiger partial charge in [0.2, 0.25) is 5.91 Å². The fraction of sp³-hybridized carbons (Fsp3) is 0.214. The van der Waals surface area contributed by atoms with Gasteiger partial charge in [0.15, 0.2) is 0 Å². The Morgan fingerprint density at radius 1 is 1.40 bits per heavy atom. The minimum absolute atomic E-state index is 0.0544. The van der Waals surface area contributed by atoms with Gasteiger partial charge in [0, 0.05) is 18.4 Å². The molecule has 1 aliphatic rings. The lowest BCUT2D eigenvalue weighted by Gasteiger charge is -2.11. The maximum Gasteiger partial charge on any atom is 0.270 e. The number of nitrogens with two attached hydrogens (primary N) is 1. The van der Waals surface area contributed by atoms with Gasteiger partial charge in [-0.05, 0) is 11.5 Å². The van der Waals surface area contributed by atoms with Crippen molar-refractivity contribution in [2.24, 2.45) is 0 Å². The van der Waals surface area contributed by atoms with Gasteiger partial charge < -0.3 is 16.4 Å². The predicted molar refractivity (Wildman–Crippen MR) is 75.0 cm³/mol. The summed E-state index contributed by atoms with van der Waals surface area (Å²) in [7, 11) is 0. The minimum atomic E-state index is -0.316. The largest absolute Gasteiger partial charge is 0.383 e. The quantitative estimate of drug-likeness (QED) is 0.737. The average molecular weight is 270 g/mol. The summed E-state index contributed by atoms with van der Waals surface area (Å²) in [6, 6.07) is 9.00. The summed E-state index contributed by atoms with van der Waals surface area (Å²) in [4.78, 5) is 27.4. The van der Waals surface area contributed by atoms with Crippen molar-refractivity contribution in [2.45, 2.75) is 12.5 Å². The van der Waals surface area contributed by atoms with E-state index in [9.17, 15) is 9.59 Å². The first-order chi connectivity index (χ1) is 9.63. The van der Waals surface area contributed by atoms with Gasteiger partial charge >= 0.3 is 0 Å². The highest BCUT2D eigenvalue weighted by Gasteiger charge is 2.24. The summed E-state index contributed by atoms with van der Waals surface area (Å²) in [5.74, 6) is -0.0425. The number of amides is 2. The Balaban J connectivity index is 1.86. The number of aromatic nitrogens is 1. The molecule has 1 atom stereocenters. The number of nitrogens with one attached hydrogen (secondary N) is 2. The summed E-state index contributed by atoms with van der Waals surface area (Å²) >= 11 is 0. The van der Waals surface area contributed by atoms with E-state index >= 15 is 0 Å². The van der Waals surface area contributed by atoms with Crippen LogP contribution < -0.4 is 16.4 Å². The molecule has 6 nitrogen and oxygen atoms in total. The Morgan fingerprint density at radius 3 is 2.95 bits per heavy atom. The van der Waals surface area contributed by atoms with Crippen LogP contribution in [0.2, 0.25) is 0 Å². The number of fused-ring (bicyclic) bond motifs is 1. The predicted octanol–water partition coefficient (Wildman–Crippen LogP) is 0.435. The Kier molecular flexibility index (Phi) is 2.98. The van der Waals surface area contributed by atoms with Crippen LogP contribution in [0.4, 0.5) is 5.82 Å². The third kappa shape index (κ3) is 2.27. The molecule has 1 saturated heterocycles. The van der Waals surface area contributed by atoms with Crippen LogP contribution in [0.15, 0.2) is 30.3 Å². The molecule has 102 valence electrons. The molecular weight excluding hydrogens is 256 g/mol. The molecule has 0 bridgehead atoms. The minimum Gasteiger partial charge on any atom is -0.383 e. The molecule has 6 heteroatoms. The molecule has 3 rings (SSSR count). The van der Waals surface area contributed by atoms with Crippen molar-refractivity contribution in [1.29, 1.82) is 0 Å². The second-order valence-electron chi connectivity index (χ2n) is 4.79. The average Bonchev–Trinajstić information content (AvgIpc) is 2.84. The monoisotopic (exact) mass is 270 g/mol. The zero-order valence-corrected chi connectivity index (χ0v) is 10.7. The van der Waals surface area contributed by atoms with Crippen LogP contribution in [0.25, 0.3) is 10.8 Å². The molecule has 1 unspecified atom stereocenters. The van der Waals surface area contributed by atoms with Gasteiger partial charge in [-0.3, -0.25) is 9.59 Å². The Hall–Kier alpha value is -2.63. The van der Waals surface area contributed by atoms with E-state index in [0.717, 1.165) is 10.8 Å². The lowest BCUT2D eigenvalue weighted by atomic mass is 10.1. The molecule has 1 aromatic heterocycles. The van der Waals surface area contributed by atoms with Crippen LogP contribution in [-0.2, 0) is 4.79 Å². The van der Waals surface area contributed by atoms with E-state index in [1.807, 2.05) is 24.3 Å². The van der Waals surface area contributed by atoms with Crippen LogP contribution in [0, 0.1) is 0 Å². The zero-order chi connectivity index (χ0) is 14.1. The number of nitrogens with zero attached hydrogens (tertiary/aromatic N) is 1. The molecule has 0 aliphatic carbocycles. The standard InChI is InChI=1S/C14H14N4O2/c15-13-10-4-2-1-3-8(10)5-11(18-13)14(20)17-9-6-12(19)16-7-9/h1-5,9H,6-7H2,(H2,15,18)(H,16,19)(H,17,20). The van der Waals surface area contributed by atoms with Crippen LogP contribution in [0.1, 0.15) is 16.9 Å². The second-order valence-corrected chi connectivity index (χ2v) is 4.79. The third-order valence-corrected chi connectivity index (χ3v) is 3.32. The molecule has 0 spiro atoms. The molecule has 0 radical (unpaired) electrons. The number of carbonyl (C=O) groups excluding carboxylic acids is 2. The normalized spacial score (nSPS) is 18.0. The molecule has 1 aromatic carbocycles. The van der Waals surface area contributed by atoms with E-state index < -0.39 is 0 Å². The van der Waals surface area contributed by atoms with E-state index in [2.05, 4.69) is 15.6 Å². The summed E-state index contributed by atoms with van der Waals surface area (Å²) in [5.41, 5.74) is 6.13. The zero-order valence-electron chi connectivity index (χ0n) is 10.7. The van der Waals surface area contributed by atoms with Crippen LogP contribution in [0.3, 0.4) is 0 Å². The van der Waals surface area contributed by atoms with E-state index in [-0.39, 0.29) is 23.6 Å². The number of benzene rings is 1. The van der Waals surface area contributed by atoms with E-state index in [1.165, 1.54) is 0 Å². The van der Waals surface area contributed by atoms with Crippen molar-refractivity contribution in [2.75, 3.05) is 12.3 Å². The SMILES string of the molecule is Nc1nc(C(=O)NC2CNC(=O)C2)cc2ccccc12. The van der Waals surface area contributed by atoms with Crippen molar-refractivity contribution in [1.82, 2.24) is 15.6 Å². The Labute approximate surface area is 115 Å². The van der Waals surface area contributed by atoms with Gasteiger partial charge in [0.1, 0.15) is 11.5 Å². The number of hydrogen-bond donors (Lipinski definition) is 3. The van der Waals surface area contributed by atoms with Crippen LogP contribution >= 0.6 is 0 Å². The van der Waals surface area contributed by atoms with E-state index in [1.54, 1.807) is 6.07 Å². The first-order valence-corrected chi connectivity index (χ1v) is 6.36. The molecule has 20 heavy (non-hydrogen) atoms. The number of nitrogen functional groups attached to an aromatic ring is 1. The van der Waals surface area contributed by atoms with Gasteiger partial charge in [0.05, 0.1) is 6.04 Å². The number of anilines is 1. The van der Waals surface area contributed by atoms with Crippen molar-refractivity contribution in [3.8, 4) is 0 Å². The van der Waals surface area contributed by atoms with Crippen molar-refractivity contribution in [3.05, 3.63) is 36.0 Å². The van der Waals surface area contributed by atoms with Crippen LogP contribution in [0.5, 0.6) is 0 Å². The van der Waals surface area contributed by atoms with Crippen molar-refractivity contribution >= 4 is 28.4 Å². The highest BCUT2D eigenvalue weighted by molar-refractivity contribution is 6.00. The number of pyridine rings is 1. The third-order valence-electron chi connectivity index (χ3n) is 3.32.